The van der Waals surface area contributed by atoms with E-state index < -0.39 is 101 Å². The Bertz CT molecular complexity index is 2190. The molecule has 332 valence electrons. The van der Waals surface area contributed by atoms with Crippen LogP contribution in [0.25, 0.3) is 22.3 Å². The molecule has 39 heteroatoms. The predicted molar refractivity (Wildman–Crippen MR) is 183 cm³/mol. The molecule has 0 amide bonds. The van der Waals surface area contributed by atoms with Crippen molar-refractivity contribution in [3.63, 3.8) is 0 Å². The zero-order chi connectivity index (χ0) is 44.5. The lowest BCUT2D eigenvalue weighted by atomic mass is 10.1. The van der Waals surface area contributed by atoms with Gasteiger partial charge in [0.05, 0.1) is 25.9 Å². The molecule has 0 bridgehead atoms. The molecule has 2 unspecified atom stereocenters. The summed E-state index contributed by atoms with van der Waals surface area (Å²) in [5.74, 6) is 0.436. The molecular formula is C20H33N10O24P5. The summed E-state index contributed by atoms with van der Waals surface area (Å²) in [6.07, 6.45) is -2.85. The number of ether oxygens (including phenoxy) is 2. The smallest absolute Gasteiger partial charge is 0.394 e. The second-order valence-corrected chi connectivity index (χ2v) is 18.7. The zero-order valence-electron chi connectivity index (χ0n) is 28.6. The van der Waals surface area contributed by atoms with E-state index in [4.69, 9.17) is 65.4 Å². The van der Waals surface area contributed by atoms with Crippen LogP contribution in [-0.2, 0) is 49.5 Å². The third kappa shape index (κ3) is 12.6. The van der Waals surface area contributed by atoms with Crippen LogP contribution in [0, 0.1) is 0 Å². The SMILES string of the molecule is Nc1ncnc2c1ncn2[C@@H]1O[C@H](CO)[C@@H](O)[C@H]1O.Nc1ncnc2c1ncn2[C@@H]1O[C@H](CO)[C@@H](O)[C@H]1O.O=P(O)(O)OP(=O)(O)OP(=O)(O)OP(=O)(O)OP(=O)(O)O. The first-order valence-electron chi connectivity index (χ1n) is 15.1. The Morgan fingerprint density at radius 3 is 1.15 bits per heavy atom. The fraction of sp³-hybridized carbons (Fsp3) is 0.500. The monoisotopic (exact) mass is 952 g/mol. The number of nitrogen functional groups attached to an aromatic ring is 2. The van der Waals surface area contributed by atoms with Crippen molar-refractivity contribution in [2.75, 3.05) is 24.7 Å². The van der Waals surface area contributed by atoms with Crippen molar-refractivity contribution >= 4 is 73.1 Å². The third-order valence-electron chi connectivity index (χ3n) is 7.19. The molecule has 59 heavy (non-hydrogen) atoms. The lowest BCUT2D eigenvalue weighted by Crippen LogP contribution is -2.33. The molecule has 10 atom stereocenters. The largest absolute Gasteiger partial charge is 0.490 e. The van der Waals surface area contributed by atoms with Gasteiger partial charge in [-0.15, -0.1) is 0 Å². The molecule has 4 aromatic heterocycles. The fourth-order valence-corrected chi connectivity index (χ4v) is 10.3. The van der Waals surface area contributed by atoms with Crippen molar-refractivity contribution in [1.29, 1.82) is 0 Å². The molecule has 0 aliphatic carbocycles. The van der Waals surface area contributed by atoms with Gasteiger partial charge >= 0.3 is 39.1 Å². The summed E-state index contributed by atoms with van der Waals surface area (Å²) in [5.41, 5.74) is 12.9. The number of nitrogens with zero attached hydrogens (tertiary/aromatic N) is 8. The van der Waals surface area contributed by atoms with Crippen LogP contribution in [0.15, 0.2) is 25.3 Å². The second kappa shape index (κ2) is 18.6. The number of hydrogen-bond donors (Lipinski definition) is 15. The topological polar surface area (TPSA) is 543 Å². The Labute approximate surface area is 325 Å². The standard InChI is InChI=1S/2C10H13N5O4.H7O16P5/c2*11-8-5-9(13-2-12-8)15(3-14-5)10-7(18)6(17)4(1-16)19-10;1-17(2,3)13-19(7,8)15-21(11,12)16-20(9,10)14-18(4,5)6/h2*2-4,6-7,10,16-18H,1H2,(H2,11,12,13);(H,7,8)(H,9,10)(H,11,12)(H2,1,2,3)(H2,4,5,6)/t2*4-,6-,7-,10-;/m11./s1. The Morgan fingerprint density at radius 2 is 0.864 bits per heavy atom. The van der Waals surface area contributed by atoms with Crippen LogP contribution in [0.2, 0.25) is 0 Å². The molecule has 2 fully saturated rings. The minimum absolute atomic E-state index is 0.218. The van der Waals surface area contributed by atoms with E-state index in [-0.39, 0.29) is 11.6 Å². The van der Waals surface area contributed by atoms with Gasteiger partial charge < -0.3 is 85.8 Å². The molecule has 4 aromatic rings. The number of aromatic nitrogens is 8. The molecule has 0 spiro atoms. The molecule has 6 rings (SSSR count). The van der Waals surface area contributed by atoms with Gasteiger partial charge in [0, 0.05) is 0 Å². The number of phosphoric acid groups is 5. The average molecular weight is 952 g/mol. The molecule has 0 aromatic carbocycles. The minimum Gasteiger partial charge on any atom is -0.394 e. The lowest BCUT2D eigenvalue weighted by Gasteiger charge is -2.18. The van der Waals surface area contributed by atoms with Crippen molar-refractivity contribution in [2.45, 2.75) is 49.1 Å². The summed E-state index contributed by atoms with van der Waals surface area (Å²) in [4.78, 5) is 82.5. The molecular weight excluding hydrogens is 919 g/mol. The van der Waals surface area contributed by atoms with Crippen LogP contribution in [0.5, 0.6) is 0 Å². The Kier molecular flexibility index (Phi) is 15.4. The van der Waals surface area contributed by atoms with Gasteiger partial charge in [-0.2, -0.15) is 17.2 Å². The lowest BCUT2D eigenvalue weighted by molar-refractivity contribution is -0.0511. The number of hydrogen-bond acceptors (Lipinski definition) is 25. The van der Waals surface area contributed by atoms with Gasteiger partial charge in [-0.1, -0.05) is 0 Å². The number of aliphatic hydroxyl groups excluding tert-OH is 6. The summed E-state index contributed by atoms with van der Waals surface area (Å²) in [6.45, 7) is -0.781. The quantitative estimate of drug-likeness (QED) is 0.0596. The van der Waals surface area contributed by atoms with E-state index in [2.05, 4.69) is 47.1 Å². The molecule has 2 saturated heterocycles. The first-order chi connectivity index (χ1) is 27.1. The van der Waals surface area contributed by atoms with E-state index >= 15 is 0 Å². The van der Waals surface area contributed by atoms with Gasteiger partial charge in [-0.25, -0.2) is 52.7 Å². The molecule has 6 heterocycles. The first kappa shape index (κ1) is 48.8. The average Bonchev–Trinajstić information content (AvgIpc) is 3.84. The van der Waals surface area contributed by atoms with E-state index in [0.29, 0.717) is 22.3 Å². The van der Waals surface area contributed by atoms with Crippen molar-refractivity contribution in [3.05, 3.63) is 25.3 Å². The molecule has 2 aliphatic heterocycles. The maximum Gasteiger partial charge on any atom is 0.490 e. The highest BCUT2D eigenvalue weighted by Gasteiger charge is 2.48. The summed E-state index contributed by atoms with van der Waals surface area (Å²) < 4.78 is 79.3. The number of fused-ring (bicyclic) bond motifs is 2. The molecule has 2 aliphatic rings. The zero-order valence-corrected chi connectivity index (χ0v) is 33.1. The van der Waals surface area contributed by atoms with Gasteiger partial charge in [0.1, 0.15) is 60.3 Å². The van der Waals surface area contributed by atoms with Gasteiger partial charge in [-0.3, -0.25) is 9.13 Å². The summed E-state index contributed by atoms with van der Waals surface area (Å²) in [7, 11) is -29.3. The van der Waals surface area contributed by atoms with Crippen molar-refractivity contribution < 1.29 is 114 Å². The van der Waals surface area contributed by atoms with Gasteiger partial charge in [0.25, 0.3) is 0 Å². The third-order valence-corrected chi connectivity index (χ3v) is 13.8. The summed E-state index contributed by atoms with van der Waals surface area (Å²) >= 11 is 0. The van der Waals surface area contributed by atoms with E-state index in [9.17, 15) is 43.3 Å². The first-order valence-corrected chi connectivity index (χ1v) is 22.7. The Balaban J connectivity index is 0.000000195. The maximum absolute atomic E-state index is 11.0. The van der Waals surface area contributed by atoms with Gasteiger partial charge in [0.15, 0.2) is 35.4 Å². The number of anilines is 2. The fourth-order valence-electron chi connectivity index (χ4n) is 4.91. The van der Waals surface area contributed by atoms with Crippen LogP contribution in [-0.4, -0.2) is 154 Å². The van der Waals surface area contributed by atoms with E-state index in [1.54, 1.807) is 0 Å². The van der Waals surface area contributed by atoms with E-state index in [0.717, 1.165) is 0 Å². The van der Waals surface area contributed by atoms with Crippen LogP contribution in [0.4, 0.5) is 11.6 Å². The molecule has 34 nitrogen and oxygen atoms in total. The van der Waals surface area contributed by atoms with Gasteiger partial charge in [-0.05, 0) is 0 Å². The van der Waals surface area contributed by atoms with Crippen LogP contribution in [0.1, 0.15) is 12.5 Å². The highest BCUT2D eigenvalue weighted by atomic mass is 31.3. The van der Waals surface area contributed by atoms with Crippen LogP contribution < -0.4 is 11.5 Å². The number of imidazole rings is 2. The van der Waals surface area contributed by atoms with Crippen LogP contribution in [0.3, 0.4) is 0 Å². The van der Waals surface area contributed by atoms with Crippen LogP contribution >= 0.6 is 39.1 Å². The Morgan fingerprint density at radius 1 is 0.542 bits per heavy atom. The van der Waals surface area contributed by atoms with E-state index in [1.807, 2.05) is 0 Å². The van der Waals surface area contributed by atoms with Crippen molar-refractivity contribution in [2.24, 2.45) is 0 Å². The maximum atomic E-state index is 11.0. The minimum atomic E-state index is -6.07. The van der Waals surface area contributed by atoms with E-state index in [1.165, 1.54) is 34.4 Å². The van der Waals surface area contributed by atoms with Crippen molar-refractivity contribution in [1.82, 2.24) is 39.0 Å². The molecule has 17 N–H and O–H groups in total. The second-order valence-electron chi connectivity index (χ2n) is 11.3. The van der Waals surface area contributed by atoms with Gasteiger partial charge in [0.2, 0.25) is 0 Å². The Hall–Kier alpha value is -2.91. The summed E-state index contributed by atoms with van der Waals surface area (Å²) in [6, 6.07) is 0. The highest BCUT2D eigenvalue weighted by molar-refractivity contribution is 7.71. The van der Waals surface area contributed by atoms with Crippen molar-refractivity contribution in [3.8, 4) is 0 Å². The number of rotatable bonds is 12. The molecule has 0 radical (unpaired) electrons. The number of nitrogens with two attached hydrogens (primary N) is 2. The summed E-state index contributed by atoms with van der Waals surface area (Å²) in [5, 5.41) is 57.5. The predicted octanol–water partition coefficient (Wildman–Crippen LogP) is -4.42. The normalized spacial score (nSPS) is 27.9. The molecule has 0 saturated carbocycles. The number of aliphatic hydroxyl groups is 6. The highest BCUT2D eigenvalue weighted by Crippen LogP contribution is 2.72.